The lowest BCUT2D eigenvalue weighted by atomic mass is 9.95. The van der Waals surface area contributed by atoms with Crippen LogP contribution in [0.2, 0.25) is 0 Å². The van der Waals surface area contributed by atoms with Crippen LogP contribution in [0.15, 0.2) is 54.6 Å². The number of methoxy groups -OCH3 is 1. The first-order chi connectivity index (χ1) is 17.3. The molecule has 2 aliphatic rings. The van der Waals surface area contributed by atoms with Crippen molar-refractivity contribution < 1.29 is 27.5 Å². The fraction of sp³-hybridized carbons (Fsp3) is 0.500. The van der Waals surface area contributed by atoms with Gasteiger partial charge in [-0.25, -0.2) is 4.79 Å². The largest absolute Gasteiger partial charge is 0.471 e. The van der Waals surface area contributed by atoms with Gasteiger partial charge in [0.05, 0.1) is 12.7 Å². The molecule has 5 nitrogen and oxygen atoms in total. The van der Waals surface area contributed by atoms with Crippen LogP contribution in [-0.2, 0) is 16.0 Å². The monoisotopic (exact) mass is 502 g/mol. The van der Waals surface area contributed by atoms with Crippen molar-refractivity contribution in [3.05, 3.63) is 71.3 Å². The third-order valence-electron chi connectivity index (χ3n) is 7.34. The number of alkyl halides is 3. The van der Waals surface area contributed by atoms with Crippen molar-refractivity contribution >= 4 is 11.9 Å². The number of amides is 1. The molecule has 36 heavy (non-hydrogen) atoms. The van der Waals surface area contributed by atoms with Crippen LogP contribution in [-0.4, -0.2) is 67.2 Å². The zero-order valence-corrected chi connectivity index (χ0v) is 20.5. The highest BCUT2D eigenvalue weighted by Crippen LogP contribution is 2.46. The third kappa shape index (κ3) is 6.66. The van der Waals surface area contributed by atoms with Crippen molar-refractivity contribution in [2.75, 3.05) is 33.3 Å². The molecule has 0 radical (unpaired) electrons. The molecule has 1 aliphatic carbocycles. The van der Waals surface area contributed by atoms with Crippen LogP contribution in [0.1, 0.15) is 53.1 Å². The molecule has 0 spiro atoms. The maximum absolute atomic E-state index is 13.4. The van der Waals surface area contributed by atoms with Crippen LogP contribution in [0, 0.1) is 5.92 Å². The van der Waals surface area contributed by atoms with Crippen molar-refractivity contribution in [2.45, 2.75) is 50.2 Å². The molecule has 2 aromatic carbocycles. The molecule has 1 saturated heterocycles. The smallest absolute Gasteiger partial charge is 0.465 e. The summed E-state index contributed by atoms with van der Waals surface area (Å²) in [7, 11) is 1.36. The molecule has 0 aromatic heterocycles. The van der Waals surface area contributed by atoms with Crippen molar-refractivity contribution in [2.24, 2.45) is 5.92 Å². The van der Waals surface area contributed by atoms with Crippen LogP contribution < -0.4 is 0 Å². The topological polar surface area (TPSA) is 49.9 Å². The molecule has 1 heterocycles. The van der Waals surface area contributed by atoms with Gasteiger partial charge in [-0.15, -0.1) is 0 Å². The number of likely N-dealkylation sites (tertiary alicyclic amines) is 1. The van der Waals surface area contributed by atoms with Gasteiger partial charge >= 0.3 is 18.1 Å². The number of piperidine rings is 1. The standard InChI is InChI=1S/C28H33F3N2O3/c1-36-26(34)23-11-5-7-20(17-23)8-6-14-32-15-12-21(13-16-32)19-33(27(35)28(29,30)31)25-18-24(25)22-9-3-2-4-10-22/h2-5,7,9-11,17,21,24-25H,6,8,12-16,18-19H2,1H3/t24-,25+/m1/s1. The molecular formula is C28H33F3N2O3. The number of nitrogens with zero attached hydrogens (tertiary/aromatic N) is 2. The average molecular weight is 503 g/mol. The van der Waals surface area contributed by atoms with E-state index in [4.69, 9.17) is 4.74 Å². The van der Waals surface area contributed by atoms with Gasteiger partial charge in [0.1, 0.15) is 0 Å². The van der Waals surface area contributed by atoms with Crippen molar-refractivity contribution in [3.8, 4) is 0 Å². The molecule has 2 atom stereocenters. The van der Waals surface area contributed by atoms with E-state index in [9.17, 15) is 22.8 Å². The summed E-state index contributed by atoms with van der Waals surface area (Å²) in [5, 5.41) is 0. The molecule has 1 saturated carbocycles. The second kappa shape index (κ2) is 11.5. The number of carbonyl (C=O) groups excluding carboxylic acids is 2. The molecule has 1 amide bonds. The summed E-state index contributed by atoms with van der Waals surface area (Å²) in [5.74, 6) is -2.00. The van der Waals surface area contributed by atoms with Gasteiger partial charge in [-0.1, -0.05) is 42.5 Å². The van der Waals surface area contributed by atoms with Crippen LogP contribution >= 0.6 is 0 Å². The first kappa shape index (κ1) is 26.2. The van der Waals surface area contributed by atoms with E-state index in [0.717, 1.165) is 61.3 Å². The number of esters is 1. The van der Waals surface area contributed by atoms with Crippen LogP contribution in [0.25, 0.3) is 0 Å². The number of ether oxygens (including phenoxy) is 1. The Morgan fingerprint density at radius 2 is 1.78 bits per heavy atom. The fourth-order valence-electron chi connectivity index (χ4n) is 5.27. The minimum absolute atomic E-state index is 0.0183. The number of hydrogen-bond donors (Lipinski definition) is 0. The Bertz CT molecular complexity index is 1040. The highest BCUT2D eigenvalue weighted by molar-refractivity contribution is 5.89. The molecule has 2 fully saturated rings. The molecule has 8 heteroatoms. The summed E-state index contributed by atoms with van der Waals surface area (Å²) in [5.41, 5.74) is 2.61. The van der Waals surface area contributed by atoms with Gasteiger partial charge in [0, 0.05) is 18.5 Å². The van der Waals surface area contributed by atoms with Gasteiger partial charge in [-0.05, 0) is 80.9 Å². The van der Waals surface area contributed by atoms with E-state index in [2.05, 4.69) is 4.90 Å². The fourth-order valence-corrected chi connectivity index (χ4v) is 5.27. The molecule has 0 unspecified atom stereocenters. The van der Waals surface area contributed by atoms with Gasteiger partial charge < -0.3 is 14.5 Å². The number of carbonyl (C=O) groups is 2. The second-order valence-corrected chi connectivity index (χ2v) is 9.86. The SMILES string of the molecule is COC(=O)c1cccc(CCCN2CCC(CN(C(=O)C(F)(F)F)[C@H]3C[C@@H]3c3ccccc3)CC2)c1. The molecule has 1 aliphatic heterocycles. The van der Waals surface area contributed by atoms with Gasteiger partial charge in [0.2, 0.25) is 0 Å². The van der Waals surface area contributed by atoms with E-state index < -0.39 is 12.1 Å². The third-order valence-corrected chi connectivity index (χ3v) is 7.34. The van der Waals surface area contributed by atoms with Crippen molar-refractivity contribution in [1.29, 1.82) is 0 Å². The Morgan fingerprint density at radius 3 is 2.44 bits per heavy atom. The van der Waals surface area contributed by atoms with Gasteiger partial charge in [0.15, 0.2) is 0 Å². The zero-order chi connectivity index (χ0) is 25.7. The average Bonchev–Trinajstić information content (AvgIpc) is 3.68. The number of benzene rings is 2. The Morgan fingerprint density at radius 1 is 1.06 bits per heavy atom. The second-order valence-electron chi connectivity index (χ2n) is 9.86. The first-order valence-electron chi connectivity index (χ1n) is 12.6. The Hall–Kier alpha value is -2.87. The van der Waals surface area contributed by atoms with Crippen LogP contribution in [0.4, 0.5) is 13.2 Å². The predicted octanol–water partition coefficient (Wildman–Crippen LogP) is 5.06. The van der Waals surface area contributed by atoms with E-state index in [0.29, 0.717) is 12.0 Å². The molecule has 0 bridgehead atoms. The predicted molar refractivity (Wildman–Crippen MR) is 131 cm³/mol. The quantitative estimate of drug-likeness (QED) is 0.450. The Labute approximate surface area is 210 Å². The molecule has 0 N–H and O–H groups in total. The zero-order valence-electron chi connectivity index (χ0n) is 20.5. The highest BCUT2D eigenvalue weighted by atomic mass is 19.4. The summed E-state index contributed by atoms with van der Waals surface area (Å²) in [6, 6.07) is 16.5. The first-order valence-corrected chi connectivity index (χ1v) is 12.6. The molecule has 4 rings (SSSR count). The van der Waals surface area contributed by atoms with Gasteiger partial charge in [-0.2, -0.15) is 13.2 Å². The van der Waals surface area contributed by atoms with Crippen molar-refractivity contribution in [1.82, 2.24) is 9.80 Å². The number of halogens is 3. The summed E-state index contributed by atoms with van der Waals surface area (Å²) < 4.78 is 44.9. The highest BCUT2D eigenvalue weighted by Gasteiger charge is 2.52. The van der Waals surface area contributed by atoms with E-state index in [1.165, 1.54) is 7.11 Å². The molecular weight excluding hydrogens is 469 g/mol. The van der Waals surface area contributed by atoms with E-state index in [-0.39, 0.29) is 30.4 Å². The minimum Gasteiger partial charge on any atom is -0.465 e. The number of hydrogen-bond acceptors (Lipinski definition) is 4. The Balaban J connectivity index is 1.26. The minimum atomic E-state index is -4.85. The number of rotatable bonds is 9. The van der Waals surface area contributed by atoms with Gasteiger partial charge in [0.25, 0.3) is 0 Å². The lowest BCUT2D eigenvalue weighted by Crippen LogP contribution is -2.47. The lowest BCUT2D eigenvalue weighted by Gasteiger charge is -2.35. The maximum atomic E-state index is 13.4. The maximum Gasteiger partial charge on any atom is 0.471 e. The van der Waals surface area contributed by atoms with Crippen LogP contribution in [0.5, 0.6) is 0 Å². The normalized spacial score (nSPS) is 20.7. The van der Waals surface area contributed by atoms with E-state index >= 15 is 0 Å². The van der Waals surface area contributed by atoms with E-state index in [1.54, 1.807) is 6.07 Å². The Kier molecular flexibility index (Phi) is 8.34. The summed E-state index contributed by atoms with van der Waals surface area (Å²) in [4.78, 5) is 27.4. The van der Waals surface area contributed by atoms with Crippen molar-refractivity contribution in [3.63, 3.8) is 0 Å². The van der Waals surface area contributed by atoms with Crippen LogP contribution in [0.3, 0.4) is 0 Å². The molecule has 2 aromatic rings. The summed E-state index contributed by atoms with van der Waals surface area (Å²) in [6.07, 6.45) is -0.947. The number of aryl methyl sites for hydroxylation is 1. The van der Waals surface area contributed by atoms with Gasteiger partial charge in [-0.3, -0.25) is 4.79 Å². The summed E-state index contributed by atoms with van der Waals surface area (Å²) >= 11 is 0. The van der Waals surface area contributed by atoms with E-state index in [1.807, 2.05) is 48.5 Å². The lowest BCUT2D eigenvalue weighted by molar-refractivity contribution is -0.187. The summed E-state index contributed by atoms with van der Waals surface area (Å²) in [6.45, 7) is 2.68. The molecule has 194 valence electrons.